The van der Waals surface area contributed by atoms with Gasteiger partial charge in [-0.15, -0.1) is 6.58 Å². The highest BCUT2D eigenvalue weighted by molar-refractivity contribution is 5.76. The Morgan fingerprint density at radius 1 is 1.71 bits per heavy atom. The van der Waals surface area contributed by atoms with Crippen LogP contribution in [0.2, 0.25) is 0 Å². The van der Waals surface area contributed by atoms with Crippen LogP contribution in [0.1, 0.15) is 12.8 Å². The molecule has 1 aliphatic rings. The van der Waals surface area contributed by atoms with Crippen LogP contribution in [0.3, 0.4) is 0 Å². The number of amides is 1. The van der Waals surface area contributed by atoms with Gasteiger partial charge < -0.3 is 15.3 Å². The molecule has 4 heteroatoms. The van der Waals surface area contributed by atoms with Gasteiger partial charge in [-0.25, -0.2) is 0 Å². The number of nitrogens with zero attached hydrogens (tertiary/aromatic N) is 1. The summed E-state index contributed by atoms with van der Waals surface area (Å²) in [6, 6.07) is -0.0766. The summed E-state index contributed by atoms with van der Waals surface area (Å²) < 4.78 is 0. The summed E-state index contributed by atoms with van der Waals surface area (Å²) in [5.74, 6) is 0.0673. The largest absolute Gasteiger partial charge is 0.390 e. The lowest BCUT2D eigenvalue weighted by Crippen LogP contribution is -2.44. The Hall–Kier alpha value is -0.870. The van der Waals surface area contributed by atoms with E-state index in [1.54, 1.807) is 18.0 Å². The number of likely N-dealkylation sites (N-methyl/N-ethyl adjacent to an activating group) is 1. The molecule has 2 atom stereocenters. The van der Waals surface area contributed by atoms with Gasteiger partial charge in [0.25, 0.3) is 0 Å². The Kier molecular flexibility index (Phi) is 4.10. The van der Waals surface area contributed by atoms with E-state index in [-0.39, 0.29) is 11.9 Å². The van der Waals surface area contributed by atoms with E-state index in [4.69, 9.17) is 0 Å². The SMILES string of the molecule is C=CCCC(=O)N(C)[C@@H]1CNC[C@H]1O. The average molecular weight is 198 g/mol. The first-order valence-corrected chi connectivity index (χ1v) is 4.92. The molecule has 0 aliphatic carbocycles. The van der Waals surface area contributed by atoms with Crippen molar-refractivity contribution in [3.8, 4) is 0 Å². The van der Waals surface area contributed by atoms with Gasteiger partial charge in [-0.1, -0.05) is 6.08 Å². The zero-order chi connectivity index (χ0) is 10.6. The maximum atomic E-state index is 11.6. The number of hydrogen-bond donors (Lipinski definition) is 2. The molecule has 0 saturated carbocycles. The molecule has 1 amide bonds. The molecule has 0 spiro atoms. The molecule has 1 rings (SSSR count). The van der Waals surface area contributed by atoms with Crippen LogP contribution in [-0.4, -0.2) is 48.2 Å². The highest BCUT2D eigenvalue weighted by atomic mass is 16.3. The smallest absolute Gasteiger partial charge is 0.223 e. The van der Waals surface area contributed by atoms with Crippen molar-refractivity contribution in [2.45, 2.75) is 25.0 Å². The Morgan fingerprint density at radius 2 is 2.43 bits per heavy atom. The molecule has 0 aromatic rings. The van der Waals surface area contributed by atoms with Crippen LogP contribution < -0.4 is 5.32 Å². The Balaban J connectivity index is 2.42. The van der Waals surface area contributed by atoms with Crippen molar-refractivity contribution < 1.29 is 9.90 Å². The number of carbonyl (C=O) groups excluding carboxylic acids is 1. The average Bonchev–Trinajstić information content (AvgIpc) is 2.59. The zero-order valence-corrected chi connectivity index (χ0v) is 8.57. The molecule has 1 saturated heterocycles. The predicted molar refractivity (Wildman–Crippen MR) is 54.9 cm³/mol. The number of β-amino-alcohol motifs (C(OH)–C–C–N with tert-alkyl or cyclic N) is 1. The second-order valence-electron chi connectivity index (χ2n) is 3.62. The molecule has 0 aromatic carbocycles. The van der Waals surface area contributed by atoms with E-state index in [1.807, 2.05) is 0 Å². The monoisotopic (exact) mass is 198 g/mol. The molecule has 1 aliphatic heterocycles. The summed E-state index contributed by atoms with van der Waals surface area (Å²) in [5, 5.41) is 12.6. The van der Waals surface area contributed by atoms with Gasteiger partial charge in [0.15, 0.2) is 0 Å². The van der Waals surface area contributed by atoms with Crippen molar-refractivity contribution in [1.82, 2.24) is 10.2 Å². The standard InChI is InChI=1S/C10H18N2O2/c1-3-4-5-10(14)12(2)8-6-11-7-9(8)13/h3,8-9,11,13H,1,4-7H2,2H3/t8-,9-/m1/s1. The topological polar surface area (TPSA) is 52.6 Å². The van der Waals surface area contributed by atoms with Gasteiger partial charge in [0.1, 0.15) is 0 Å². The van der Waals surface area contributed by atoms with E-state index < -0.39 is 6.10 Å². The van der Waals surface area contributed by atoms with E-state index in [0.717, 1.165) is 0 Å². The van der Waals surface area contributed by atoms with Crippen LogP contribution in [0.15, 0.2) is 12.7 Å². The predicted octanol–water partition coefficient (Wildman–Crippen LogP) is -0.256. The minimum atomic E-state index is -0.437. The van der Waals surface area contributed by atoms with Crippen molar-refractivity contribution in [2.24, 2.45) is 0 Å². The van der Waals surface area contributed by atoms with Gasteiger partial charge in [0.05, 0.1) is 12.1 Å². The second-order valence-corrected chi connectivity index (χ2v) is 3.62. The van der Waals surface area contributed by atoms with Crippen molar-refractivity contribution in [3.63, 3.8) is 0 Å². The molecule has 14 heavy (non-hydrogen) atoms. The van der Waals surface area contributed by atoms with E-state index >= 15 is 0 Å². The molecule has 0 aromatic heterocycles. The van der Waals surface area contributed by atoms with Crippen LogP contribution in [0.5, 0.6) is 0 Å². The van der Waals surface area contributed by atoms with Crippen LogP contribution in [0.25, 0.3) is 0 Å². The van der Waals surface area contributed by atoms with E-state index in [1.165, 1.54) is 0 Å². The van der Waals surface area contributed by atoms with Crippen LogP contribution in [0.4, 0.5) is 0 Å². The first kappa shape index (κ1) is 11.2. The quantitative estimate of drug-likeness (QED) is 0.612. The third kappa shape index (κ3) is 2.56. The van der Waals surface area contributed by atoms with Crippen molar-refractivity contribution in [3.05, 3.63) is 12.7 Å². The molecule has 4 nitrogen and oxygen atoms in total. The summed E-state index contributed by atoms with van der Waals surface area (Å²) in [6.45, 7) is 4.82. The summed E-state index contributed by atoms with van der Waals surface area (Å²) in [7, 11) is 1.74. The zero-order valence-electron chi connectivity index (χ0n) is 8.57. The maximum Gasteiger partial charge on any atom is 0.223 e. The molecular weight excluding hydrogens is 180 g/mol. The highest BCUT2D eigenvalue weighted by Crippen LogP contribution is 2.09. The van der Waals surface area contributed by atoms with Crippen molar-refractivity contribution in [1.29, 1.82) is 0 Å². The third-order valence-corrected chi connectivity index (χ3v) is 2.60. The fraction of sp³-hybridized carbons (Fsp3) is 0.700. The van der Waals surface area contributed by atoms with Crippen molar-refractivity contribution in [2.75, 3.05) is 20.1 Å². The Bertz CT molecular complexity index is 218. The van der Waals surface area contributed by atoms with Gasteiger partial charge >= 0.3 is 0 Å². The normalized spacial score (nSPS) is 26.1. The fourth-order valence-electron chi connectivity index (χ4n) is 1.63. The van der Waals surface area contributed by atoms with Gasteiger partial charge in [-0.2, -0.15) is 0 Å². The number of nitrogens with one attached hydrogen (secondary N) is 1. The van der Waals surface area contributed by atoms with E-state index in [9.17, 15) is 9.90 Å². The fourth-order valence-corrected chi connectivity index (χ4v) is 1.63. The van der Waals surface area contributed by atoms with Gasteiger partial charge in [0.2, 0.25) is 5.91 Å². The number of hydrogen-bond acceptors (Lipinski definition) is 3. The van der Waals surface area contributed by atoms with Crippen LogP contribution in [-0.2, 0) is 4.79 Å². The van der Waals surface area contributed by atoms with Gasteiger partial charge in [0, 0.05) is 26.6 Å². The Morgan fingerprint density at radius 3 is 2.93 bits per heavy atom. The molecule has 2 N–H and O–H groups in total. The number of aliphatic hydroxyl groups excluding tert-OH is 1. The number of aliphatic hydroxyl groups is 1. The number of allylic oxidation sites excluding steroid dienone is 1. The van der Waals surface area contributed by atoms with Crippen LogP contribution >= 0.6 is 0 Å². The number of carbonyl (C=O) groups is 1. The molecule has 0 radical (unpaired) electrons. The molecular formula is C10H18N2O2. The molecule has 80 valence electrons. The molecule has 0 unspecified atom stereocenters. The summed E-state index contributed by atoms with van der Waals surface area (Å²) in [4.78, 5) is 13.2. The Labute approximate surface area is 84.6 Å². The van der Waals surface area contributed by atoms with Crippen molar-refractivity contribution >= 4 is 5.91 Å². The minimum absolute atomic E-state index is 0.0673. The summed E-state index contributed by atoms with van der Waals surface area (Å²) >= 11 is 0. The first-order chi connectivity index (χ1) is 6.66. The molecule has 1 heterocycles. The molecule has 1 fully saturated rings. The summed E-state index contributed by atoms with van der Waals surface area (Å²) in [6.07, 6.45) is 2.46. The lowest BCUT2D eigenvalue weighted by Gasteiger charge is -2.26. The first-order valence-electron chi connectivity index (χ1n) is 4.92. The van der Waals surface area contributed by atoms with Gasteiger partial charge in [-0.05, 0) is 6.42 Å². The molecule has 0 bridgehead atoms. The lowest BCUT2D eigenvalue weighted by atomic mass is 10.1. The minimum Gasteiger partial charge on any atom is -0.390 e. The van der Waals surface area contributed by atoms with E-state index in [0.29, 0.717) is 25.9 Å². The highest BCUT2D eigenvalue weighted by Gasteiger charge is 2.30. The number of rotatable bonds is 4. The van der Waals surface area contributed by atoms with E-state index in [2.05, 4.69) is 11.9 Å². The van der Waals surface area contributed by atoms with Crippen LogP contribution in [0, 0.1) is 0 Å². The maximum absolute atomic E-state index is 11.6. The third-order valence-electron chi connectivity index (χ3n) is 2.60. The van der Waals surface area contributed by atoms with Gasteiger partial charge in [-0.3, -0.25) is 4.79 Å². The lowest BCUT2D eigenvalue weighted by molar-refractivity contribution is -0.133. The second kappa shape index (κ2) is 5.12. The summed E-state index contributed by atoms with van der Waals surface area (Å²) in [5.41, 5.74) is 0.